The largest absolute Gasteiger partial charge is 0.465 e. The third kappa shape index (κ3) is 3.05. The topological polar surface area (TPSA) is 94.5 Å². The molecule has 1 aromatic carbocycles. The van der Waals surface area contributed by atoms with Gasteiger partial charge in [0.2, 0.25) is 0 Å². The first kappa shape index (κ1) is 15.1. The third-order valence-electron chi connectivity index (χ3n) is 4.08. The number of H-pyrrole nitrogens is 1. The van der Waals surface area contributed by atoms with Crippen molar-refractivity contribution in [1.82, 2.24) is 19.7 Å². The van der Waals surface area contributed by atoms with Gasteiger partial charge in [-0.25, -0.2) is 19.3 Å². The van der Waals surface area contributed by atoms with E-state index in [-0.39, 0.29) is 5.69 Å². The van der Waals surface area contributed by atoms with Crippen LogP contribution in [-0.4, -0.2) is 57.0 Å². The summed E-state index contributed by atoms with van der Waals surface area (Å²) in [6, 6.07) is 7.65. The number of aromatic nitrogens is 3. The Morgan fingerprint density at radius 2 is 1.83 bits per heavy atom. The Bertz CT molecular complexity index is 749. The molecule has 0 spiro atoms. The third-order valence-corrected chi connectivity index (χ3v) is 4.08. The van der Waals surface area contributed by atoms with Gasteiger partial charge in [-0.3, -0.25) is 0 Å². The lowest BCUT2D eigenvalue weighted by Gasteiger charge is -2.23. The number of amides is 1. The molecule has 1 aliphatic rings. The van der Waals surface area contributed by atoms with Crippen molar-refractivity contribution in [2.45, 2.75) is 13.3 Å². The molecule has 1 amide bonds. The van der Waals surface area contributed by atoms with Crippen LogP contribution in [0.5, 0.6) is 0 Å². The molecule has 0 bridgehead atoms. The summed E-state index contributed by atoms with van der Waals surface area (Å²) in [5, 5.41) is 15.4. The van der Waals surface area contributed by atoms with Gasteiger partial charge in [0, 0.05) is 31.9 Å². The highest BCUT2D eigenvalue weighted by atomic mass is 16.4. The molecule has 1 aromatic heterocycles. The van der Waals surface area contributed by atoms with Crippen molar-refractivity contribution in [1.29, 1.82) is 0 Å². The first-order chi connectivity index (χ1) is 11.1. The van der Waals surface area contributed by atoms with Crippen LogP contribution in [0.4, 0.5) is 10.5 Å². The molecule has 0 unspecified atom stereocenters. The van der Waals surface area contributed by atoms with E-state index in [1.54, 1.807) is 6.92 Å². The predicted molar refractivity (Wildman–Crippen MR) is 85.3 cm³/mol. The van der Waals surface area contributed by atoms with Gasteiger partial charge in [-0.1, -0.05) is 0 Å². The molecule has 0 saturated carbocycles. The summed E-state index contributed by atoms with van der Waals surface area (Å²) in [6.07, 6.45) is -0.0639. The van der Waals surface area contributed by atoms with Crippen LogP contribution >= 0.6 is 0 Å². The van der Waals surface area contributed by atoms with Crippen LogP contribution in [-0.2, 0) is 0 Å². The maximum atomic E-state index is 11.7. The van der Waals surface area contributed by atoms with Gasteiger partial charge in [-0.15, -0.1) is 0 Å². The van der Waals surface area contributed by atoms with Crippen molar-refractivity contribution in [3.05, 3.63) is 40.6 Å². The molecule has 23 heavy (non-hydrogen) atoms. The number of carboxylic acid groups (broad SMARTS) is 1. The van der Waals surface area contributed by atoms with Gasteiger partial charge >= 0.3 is 11.8 Å². The highest BCUT2D eigenvalue weighted by Gasteiger charge is 2.18. The standard InChI is InChI=1S/C15H19N5O3/c1-11-16-17-14(21)20(11)13-5-3-12(4-6-13)18-7-2-8-19(10-9-18)15(22)23/h3-6H,2,7-10H2,1H3,(H,17,21)(H,22,23). The van der Waals surface area contributed by atoms with Gasteiger partial charge < -0.3 is 14.9 Å². The average molecular weight is 317 g/mol. The van der Waals surface area contributed by atoms with E-state index in [1.165, 1.54) is 9.47 Å². The quantitative estimate of drug-likeness (QED) is 0.863. The number of anilines is 1. The maximum Gasteiger partial charge on any atom is 0.407 e. The average Bonchev–Trinajstić information content (AvgIpc) is 2.76. The van der Waals surface area contributed by atoms with Crippen molar-refractivity contribution in [2.24, 2.45) is 0 Å². The number of hydrogen-bond donors (Lipinski definition) is 2. The fourth-order valence-corrected chi connectivity index (χ4v) is 2.86. The summed E-state index contributed by atoms with van der Waals surface area (Å²) in [7, 11) is 0. The van der Waals surface area contributed by atoms with Crippen molar-refractivity contribution < 1.29 is 9.90 Å². The predicted octanol–water partition coefficient (Wildman–Crippen LogP) is 1.06. The number of carbonyl (C=O) groups is 1. The van der Waals surface area contributed by atoms with E-state index < -0.39 is 6.09 Å². The van der Waals surface area contributed by atoms with Crippen molar-refractivity contribution >= 4 is 11.8 Å². The summed E-state index contributed by atoms with van der Waals surface area (Å²) in [4.78, 5) is 26.4. The molecule has 1 saturated heterocycles. The van der Waals surface area contributed by atoms with Gasteiger partial charge in [-0.2, -0.15) is 5.10 Å². The molecule has 0 atom stereocenters. The molecule has 2 N–H and O–H groups in total. The second kappa shape index (κ2) is 6.15. The Morgan fingerprint density at radius 3 is 2.43 bits per heavy atom. The number of hydrogen-bond acceptors (Lipinski definition) is 4. The Balaban J connectivity index is 1.77. The molecule has 1 fully saturated rings. The second-order valence-electron chi connectivity index (χ2n) is 5.54. The Hall–Kier alpha value is -2.77. The fraction of sp³-hybridized carbons (Fsp3) is 0.400. The Labute approximate surface area is 133 Å². The minimum absolute atomic E-state index is 0.262. The first-order valence-corrected chi connectivity index (χ1v) is 7.53. The molecular weight excluding hydrogens is 298 g/mol. The lowest BCUT2D eigenvalue weighted by molar-refractivity contribution is 0.148. The molecule has 8 heteroatoms. The molecule has 1 aliphatic heterocycles. The Kier molecular flexibility index (Phi) is 4.05. The van der Waals surface area contributed by atoms with Crippen LogP contribution in [0.1, 0.15) is 12.2 Å². The number of aromatic amines is 1. The molecule has 3 rings (SSSR count). The zero-order valence-corrected chi connectivity index (χ0v) is 12.9. The van der Waals surface area contributed by atoms with Gasteiger partial charge in [0.15, 0.2) is 0 Å². The van der Waals surface area contributed by atoms with E-state index in [9.17, 15) is 9.59 Å². The molecule has 2 heterocycles. The summed E-state index contributed by atoms with van der Waals surface area (Å²) < 4.78 is 1.51. The number of nitrogens with zero attached hydrogens (tertiary/aromatic N) is 4. The SMILES string of the molecule is Cc1n[nH]c(=O)n1-c1ccc(N2CCCN(C(=O)O)CC2)cc1. The van der Waals surface area contributed by atoms with Crippen molar-refractivity contribution in [2.75, 3.05) is 31.1 Å². The summed E-state index contributed by atoms with van der Waals surface area (Å²) in [5.41, 5.74) is 1.52. The normalized spacial score (nSPS) is 15.5. The molecule has 0 radical (unpaired) electrons. The van der Waals surface area contributed by atoms with Crippen LogP contribution in [0, 0.1) is 6.92 Å². The van der Waals surface area contributed by atoms with Crippen LogP contribution in [0.2, 0.25) is 0 Å². The van der Waals surface area contributed by atoms with Gasteiger partial charge in [0.25, 0.3) is 0 Å². The summed E-state index contributed by atoms with van der Waals surface area (Å²) >= 11 is 0. The zero-order chi connectivity index (χ0) is 16.4. The minimum atomic E-state index is -0.864. The molecule has 0 aliphatic carbocycles. The van der Waals surface area contributed by atoms with E-state index in [2.05, 4.69) is 15.1 Å². The number of rotatable bonds is 2. The highest BCUT2D eigenvalue weighted by Crippen LogP contribution is 2.19. The minimum Gasteiger partial charge on any atom is -0.465 e. The van der Waals surface area contributed by atoms with E-state index >= 15 is 0 Å². The van der Waals surface area contributed by atoms with E-state index in [1.807, 2.05) is 24.3 Å². The number of nitrogens with one attached hydrogen (secondary N) is 1. The zero-order valence-electron chi connectivity index (χ0n) is 12.9. The van der Waals surface area contributed by atoms with Crippen LogP contribution < -0.4 is 10.6 Å². The second-order valence-corrected chi connectivity index (χ2v) is 5.54. The van der Waals surface area contributed by atoms with Gasteiger partial charge in [0.1, 0.15) is 5.82 Å². The van der Waals surface area contributed by atoms with E-state index in [0.717, 1.165) is 24.3 Å². The van der Waals surface area contributed by atoms with Gasteiger partial charge in [0.05, 0.1) is 5.69 Å². The number of benzene rings is 1. The van der Waals surface area contributed by atoms with Crippen LogP contribution in [0.25, 0.3) is 5.69 Å². The van der Waals surface area contributed by atoms with Crippen molar-refractivity contribution in [3.8, 4) is 5.69 Å². The molecule has 2 aromatic rings. The summed E-state index contributed by atoms with van der Waals surface area (Å²) in [5.74, 6) is 0.606. The van der Waals surface area contributed by atoms with Crippen LogP contribution in [0.3, 0.4) is 0 Å². The smallest absolute Gasteiger partial charge is 0.407 e. The monoisotopic (exact) mass is 317 g/mol. The highest BCUT2D eigenvalue weighted by molar-refractivity contribution is 5.65. The van der Waals surface area contributed by atoms with Crippen molar-refractivity contribution in [3.63, 3.8) is 0 Å². The fourth-order valence-electron chi connectivity index (χ4n) is 2.86. The lowest BCUT2D eigenvalue weighted by Crippen LogP contribution is -2.34. The van der Waals surface area contributed by atoms with E-state index in [4.69, 9.17) is 5.11 Å². The molecule has 122 valence electrons. The van der Waals surface area contributed by atoms with Gasteiger partial charge in [-0.05, 0) is 37.6 Å². The molecule has 8 nitrogen and oxygen atoms in total. The molecular formula is C15H19N5O3. The maximum absolute atomic E-state index is 11.7. The van der Waals surface area contributed by atoms with E-state index in [0.29, 0.717) is 25.5 Å². The summed E-state index contributed by atoms with van der Waals surface area (Å²) in [6.45, 7) is 4.30. The Morgan fingerprint density at radius 1 is 1.13 bits per heavy atom. The number of aryl methyl sites for hydroxylation is 1. The first-order valence-electron chi connectivity index (χ1n) is 7.53. The van der Waals surface area contributed by atoms with Crippen LogP contribution in [0.15, 0.2) is 29.1 Å². The lowest BCUT2D eigenvalue weighted by atomic mass is 10.2.